The lowest BCUT2D eigenvalue weighted by Gasteiger charge is -2.49. The predicted octanol–water partition coefficient (Wildman–Crippen LogP) is 2.39. The third-order valence-electron chi connectivity index (χ3n) is 4.78. The van der Waals surface area contributed by atoms with Gasteiger partial charge in [0.1, 0.15) is 0 Å². The van der Waals surface area contributed by atoms with Gasteiger partial charge in [0.15, 0.2) is 0 Å². The summed E-state index contributed by atoms with van der Waals surface area (Å²) < 4.78 is 0. The van der Waals surface area contributed by atoms with E-state index in [4.69, 9.17) is 0 Å². The van der Waals surface area contributed by atoms with Crippen LogP contribution in [0.1, 0.15) is 51.9 Å². The summed E-state index contributed by atoms with van der Waals surface area (Å²) in [4.78, 5) is 2.88. The van der Waals surface area contributed by atoms with Crippen LogP contribution in [0.4, 0.5) is 0 Å². The first-order chi connectivity index (χ1) is 7.86. The molecule has 3 aliphatic rings. The molecule has 2 nitrogen and oxygen atoms in total. The van der Waals surface area contributed by atoms with Crippen molar-refractivity contribution in [2.75, 3.05) is 13.1 Å². The quantitative estimate of drug-likeness (QED) is 0.786. The Balaban J connectivity index is 1.62. The number of fused-ring (bicyclic) bond motifs is 2. The summed E-state index contributed by atoms with van der Waals surface area (Å²) in [6.07, 6.45) is 10.2. The standard InChI is InChI=1S/C14H26N2/c1-2-15-12-8-13-4-3-5-14(9-12)16(13)10-11-6-7-11/h11-15H,2-10H2,1H3. The largest absolute Gasteiger partial charge is 0.314 e. The summed E-state index contributed by atoms with van der Waals surface area (Å²) in [5.74, 6) is 1.07. The van der Waals surface area contributed by atoms with Crippen molar-refractivity contribution in [3.8, 4) is 0 Å². The minimum absolute atomic E-state index is 0.816. The highest BCUT2D eigenvalue weighted by molar-refractivity contribution is 4.96. The summed E-state index contributed by atoms with van der Waals surface area (Å²) in [6, 6.07) is 2.64. The molecule has 2 unspecified atom stereocenters. The number of nitrogens with zero attached hydrogens (tertiary/aromatic N) is 1. The Hall–Kier alpha value is -0.0800. The Labute approximate surface area is 99.8 Å². The molecule has 3 fully saturated rings. The van der Waals surface area contributed by atoms with Gasteiger partial charge in [-0.15, -0.1) is 0 Å². The van der Waals surface area contributed by atoms with Gasteiger partial charge in [0.05, 0.1) is 0 Å². The van der Waals surface area contributed by atoms with Crippen molar-refractivity contribution in [1.29, 1.82) is 0 Å². The number of piperidine rings is 2. The molecule has 0 aromatic heterocycles. The van der Waals surface area contributed by atoms with Crippen LogP contribution in [0.5, 0.6) is 0 Å². The molecular formula is C14H26N2. The molecular weight excluding hydrogens is 196 g/mol. The molecule has 0 aromatic carbocycles. The molecule has 3 rings (SSSR count). The number of hydrogen-bond donors (Lipinski definition) is 1. The molecule has 2 bridgehead atoms. The molecule has 1 N–H and O–H groups in total. The lowest BCUT2D eigenvalue weighted by atomic mass is 9.81. The Morgan fingerprint density at radius 2 is 1.75 bits per heavy atom. The van der Waals surface area contributed by atoms with Gasteiger partial charge < -0.3 is 5.32 Å². The molecule has 1 aliphatic carbocycles. The van der Waals surface area contributed by atoms with Crippen LogP contribution in [0.25, 0.3) is 0 Å². The van der Waals surface area contributed by atoms with Gasteiger partial charge in [-0.25, -0.2) is 0 Å². The normalized spacial score (nSPS) is 39.9. The molecule has 2 aliphatic heterocycles. The Kier molecular flexibility index (Phi) is 3.21. The fraction of sp³-hybridized carbons (Fsp3) is 1.00. The zero-order chi connectivity index (χ0) is 11.0. The van der Waals surface area contributed by atoms with Crippen LogP contribution in [0.2, 0.25) is 0 Å². The first-order valence-electron chi connectivity index (χ1n) is 7.36. The Bertz CT molecular complexity index is 223. The van der Waals surface area contributed by atoms with Crippen molar-refractivity contribution in [3.63, 3.8) is 0 Å². The lowest BCUT2D eigenvalue weighted by Crippen LogP contribution is -2.56. The van der Waals surface area contributed by atoms with Gasteiger partial charge in [0, 0.05) is 24.7 Å². The van der Waals surface area contributed by atoms with E-state index in [1.807, 2.05) is 0 Å². The zero-order valence-electron chi connectivity index (χ0n) is 10.6. The van der Waals surface area contributed by atoms with Crippen LogP contribution < -0.4 is 5.32 Å². The van der Waals surface area contributed by atoms with E-state index in [-0.39, 0.29) is 0 Å². The average Bonchev–Trinajstić information content (AvgIpc) is 3.03. The first-order valence-corrected chi connectivity index (χ1v) is 7.36. The number of hydrogen-bond acceptors (Lipinski definition) is 2. The topological polar surface area (TPSA) is 15.3 Å². The highest BCUT2D eigenvalue weighted by Crippen LogP contribution is 2.38. The van der Waals surface area contributed by atoms with Gasteiger partial charge in [-0.1, -0.05) is 13.3 Å². The number of nitrogens with one attached hydrogen (secondary N) is 1. The third-order valence-corrected chi connectivity index (χ3v) is 4.78. The molecule has 0 radical (unpaired) electrons. The molecule has 2 saturated heterocycles. The van der Waals surface area contributed by atoms with Crippen molar-refractivity contribution in [2.45, 2.75) is 70.0 Å². The van der Waals surface area contributed by atoms with Gasteiger partial charge in [0.2, 0.25) is 0 Å². The van der Waals surface area contributed by atoms with Crippen LogP contribution in [0.15, 0.2) is 0 Å². The third kappa shape index (κ3) is 2.28. The van der Waals surface area contributed by atoms with Crippen LogP contribution in [0, 0.1) is 5.92 Å². The van der Waals surface area contributed by atoms with E-state index in [0.29, 0.717) is 0 Å². The van der Waals surface area contributed by atoms with E-state index in [2.05, 4.69) is 17.1 Å². The van der Waals surface area contributed by atoms with Crippen molar-refractivity contribution in [3.05, 3.63) is 0 Å². The molecule has 16 heavy (non-hydrogen) atoms. The fourth-order valence-corrected chi connectivity index (χ4v) is 3.83. The highest BCUT2D eigenvalue weighted by atomic mass is 15.2. The summed E-state index contributed by atoms with van der Waals surface area (Å²) >= 11 is 0. The summed E-state index contributed by atoms with van der Waals surface area (Å²) in [7, 11) is 0. The summed E-state index contributed by atoms with van der Waals surface area (Å²) in [6.45, 7) is 4.81. The molecule has 2 heteroatoms. The Morgan fingerprint density at radius 3 is 2.31 bits per heavy atom. The van der Waals surface area contributed by atoms with Crippen LogP contribution in [-0.4, -0.2) is 36.1 Å². The maximum absolute atomic E-state index is 3.68. The van der Waals surface area contributed by atoms with Crippen molar-refractivity contribution < 1.29 is 0 Å². The van der Waals surface area contributed by atoms with Crippen molar-refractivity contribution in [2.24, 2.45) is 5.92 Å². The minimum Gasteiger partial charge on any atom is -0.314 e. The second kappa shape index (κ2) is 4.66. The van der Waals surface area contributed by atoms with Gasteiger partial charge in [-0.3, -0.25) is 4.90 Å². The van der Waals surface area contributed by atoms with E-state index in [1.54, 1.807) is 0 Å². The van der Waals surface area contributed by atoms with Gasteiger partial charge in [0.25, 0.3) is 0 Å². The molecule has 2 heterocycles. The van der Waals surface area contributed by atoms with Gasteiger partial charge in [-0.05, 0) is 51.0 Å². The predicted molar refractivity (Wildman–Crippen MR) is 67.6 cm³/mol. The van der Waals surface area contributed by atoms with Gasteiger partial charge in [-0.2, -0.15) is 0 Å². The van der Waals surface area contributed by atoms with E-state index >= 15 is 0 Å². The molecule has 92 valence electrons. The van der Waals surface area contributed by atoms with Gasteiger partial charge >= 0.3 is 0 Å². The van der Waals surface area contributed by atoms with E-state index in [9.17, 15) is 0 Å². The minimum atomic E-state index is 0.816. The highest BCUT2D eigenvalue weighted by Gasteiger charge is 2.39. The van der Waals surface area contributed by atoms with Crippen molar-refractivity contribution >= 4 is 0 Å². The first kappa shape index (κ1) is 11.0. The molecule has 1 saturated carbocycles. The average molecular weight is 222 g/mol. The van der Waals surface area contributed by atoms with E-state index in [0.717, 1.165) is 30.6 Å². The number of rotatable bonds is 4. The maximum atomic E-state index is 3.68. The lowest BCUT2D eigenvalue weighted by molar-refractivity contribution is 0.0212. The summed E-state index contributed by atoms with van der Waals surface area (Å²) in [5, 5.41) is 3.68. The second-order valence-electron chi connectivity index (χ2n) is 6.10. The van der Waals surface area contributed by atoms with Crippen LogP contribution in [0.3, 0.4) is 0 Å². The second-order valence-corrected chi connectivity index (χ2v) is 6.10. The summed E-state index contributed by atoms with van der Waals surface area (Å²) in [5.41, 5.74) is 0. The van der Waals surface area contributed by atoms with Crippen molar-refractivity contribution in [1.82, 2.24) is 10.2 Å². The fourth-order valence-electron chi connectivity index (χ4n) is 3.83. The van der Waals surface area contributed by atoms with E-state index in [1.165, 1.54) is 51.5 Å². The van der Waals surface area contributed by atoms with Crippen LogP contribution in [-0.2, 0) is 0 Å². The monoisotopic (exact) mass is 222 g/mol. The molecule has 0 spiro atoms. The smallest absolute Gasteiger partial charge is 0.0113 e. The Morgan fingerprint density at radius 1 is 1.06 bits per heavy atom. The van der Waals surface area contributed by atoms with Crippen LogP contribution >= 0.6 is 0 Å². The molecule has 2 atom stereocenters. The maximum Gasteiger partial charge on any atom is 0.0113 e. The zero-order valence-corrected chi connectivity index (χ0v) is 10.6. The molecule has 0 aromatic rings. The SMILES string of the molecule is CCNC1CC2CCCC(C1)N2CC1CC1. The van der Waals surface area contributed by atoms with E-state index < -0.39 is 0 Å². The molecule has 0 amide bonds.